The van der Waals surface area contributed by atoms with Gasteiger partial charge in [0.2, 0.25) is 0 Å². The molecule has 0 atom stereocenters. The van der Waals surface area contributed by atoms with Crippen molar-refractivity contribution < 1.29 is 14.2 Å². The molecule has 3 N–H and O–H groups in total. The summed E-state index contributed by atoms with van der Waals surface area (Å²) < 4.78 is 16.0. The molecule has 1 aromatic heterocycles. The minimum absolute atomic E-state index is 0.306. The monoisotopic (exact) mass is 288 g/mol. The summed E-state index contributed by atoms with van der Waals surface area (Å²) in [7, 11) is 1.58. The summed E-state index contributed by atoms with van der Waals surface area (Å²) in [6, 6.07) is 7.28. The molecule has 7 nitrogen and oxygen atoms in total. The van der Waals surface area contributed by atoms with E-state index in [4.69, 9.17) is 19.9 Å². The number of nitrogens with zero attached hydrogens (tertiary/aromatic N) is 2. The van der Waals surface area contributed by atoms with E-state index in [9.17, 15) is 0 Å². The van der Waals surface area contributed by atoms with Crippen molar-refractivity contribution in [2.24, 2.45) is 0 Å². The number of nitrogen functional groups attached to an aromatic ring is 1. The van der Waals surface area contributed by atoms with Crippen LogP contribution in [0.2, 0.25) is 0 Å². The number of nitrogens with two attached hydrogens (primary N) is 1. The first-order valence-electron chi connectivity index (χ1n) is 6.53. The number of hydrogen-bond donors (Lipinski definition) is 2. The highest BCUT2D eigenvalue weighted by molar-refractivity contribution is 5.62. The molecule has 0 radical (unpaired) electrons. The predicted octanol–water partition coefficient (Wildman–Crippen LogP) is 1.72. The van der Waals surface area contributed by atoms with Crippen LogP contribution >= 0.6 is 0 Å². The van der Waals surface area contributed by atoms with E-state index in [1.54, 1.807) is 13.2 Å². The van der Waals surface area contributed by atoms with E-state index in [0.717, 1.165) is 11.4 Å². The van der Waals surface area contributed by atoms with Crippen molar-refractivity contribution in [3.63, 3.8) is 0 Å². The number of fused-ring (bicyclic) bond motifs is 1. The molecule has 0 saturated carbocycles. The van der Waals surface area contributed by atoms with Crippen molar-refractivity contribution in [2.45, 2.75) is 6.61 Å². The van der Waals surface area contributed by atoms with Crippen LogP contribution in [0.15, 0.2) is 24.3 Å². The number of hydrogen-bond acceptors (Lipinski definition) is 7. The zero-order valence-electron chi connectivity index (χ0n) is 11.6. The highest BCUT2D eigenvalue weighted by Gasteiger charge is 2.12. The summed E-state index contributed by atoms with van der Waals surface area (Å²) in [5.74, 6) is 2.97. The minimum Gasteiger partial charge on any atom is -0.486 e. The van der Waals surface area contributed by atoms with E-state index in [1.165, 1.54) is 0 Å². The maximum absolute atomic E-state index is 5.76. The number of anilines is 3. The maximum Gasteiger partial charge on any atom is 0.163 e. The topological polar surface area (TPSA) is 91.5 Å². The van der Waals surface area contributed by atoms with Crippen molar-refractivity contribution in [3.8, 4) is 11.5 Å². The summed E-state index contributed by atoms with van der Waals surface area (Å²) in [5, 5.41) is 3.17. The maximum atomic E-state index is 5.76. The van der Waals surface area contributed by atoms with E-state index in [-0.39, 0.29) is 0 Å². The fourth-order valence-electron chi connectivity index (χ4n) is 2.04. The van der Waals surface area contributed by atoms with Crippen LogP contribution in [0.1, 0.15) is 5.82 Å². The quantitative estimate of drug-likeness (QED) is 0.885. The molecule has 1 aliphatic rings. The van der Waals surface area contributed by atoms with Gasteiger partial charge in [0.05, 0.1) is 0 Å². The van der Waals surface area contributed by atoms with Gasteiger partial charge in [0.15, 0.2) is 17.3 Å². The lowest BCUT2D eigenvalue weighted by Gasteiger charge is -2.19. The molecule has 2 aromatic rings. The Hall–Kier alpha value is -2.54. The fourth-order valence-corrected chi connectivity index (χ4v) is 2.04. The molecule has 1 aromatic carbocycles. The van der Waals surface area contributed by atoms with Crippen LogP contribution in [0.25, 0.3) is 0 Å². The van der Waals surface area contributed by atoms with Crippen LogP contribution in [0.4, 0.5) is 17.3 Å². The van der Waals surface area contributed by atoms with E-state index in [0.29, 0.717) is 43.0 Å². The van der Waals surface area contributed by atoms with Crippen LogP contribution in [0.3, 0.4) is 0 Å². The van der Waals surface area contributed by atoms with Crippen molar-refractivity contribution >= 4 is 17.3 Å². The van der Waals surface area contributed by atoms with Gasteiger partial charge >= 0.3 is 0 Å². The Kier molecular flexibility index (Phi) is 3.74. The van der Waals surface area contributed by atoms with Crippen LogP contribution in [-0.4, -0.2) is 30.3 Å². The van der Waals surface area contributed by atoms with Gasteiger partial charge < -0.3 is 25.3 Å². The van der Waals surface area contributed by atoms with E-state index >= 15 is 0 Å². The molecule has 7 heteroatoms. The molecule has 1 aliphatic heterocycles. The zero-order chi connectivity index (χ0) is 14.7. The highest BCUT2D eigenvalue weighted by Crippen LogP contribution is 2.33. The third-order valence-corrected chi connectivity index (χ3v) is 2.88. The molecule has 0 bridgehead atoms. The molecule has 0 aliphatic carbocycles. The first-order chi connectivity index (χ1) is 10.2. The van der Waals surface area contributed by atoms with Gasteiger partial charge in [-0.1, -0.05) is 0 Å². The number of methoxy groups -OCH3 is 1. The number of aromatic nitrogens is 2. The second-order valence-electron chi connectivity index (χ2n) is 4.51. The van der Waals surface area contributed by atoms with Gasteiger partial charge in [-0.3, -0.25) is 0 Å². The highest BCUT2D eigenvalue weighted by atomic mass is 16.6. The Labute approximate surface area is 122 Å². The normalized spacial score (nSPS) is 13.0. The molecule has 3 rings (SSSR count). The van der Waals surface area contributed by atoms with Gasteiger partial charge in [0.25, 0.3) is 0 Å². The lowest BCUT2D eigenvalue weighted by atomic mass is 10.2. The summed E-state index contributed by atoms with van der Waals surface area (Å²) in [6.45, 7) is 1.43. The molecule has 0 unspecified atom stereocenters. The molecule has 0 amide bonds. The molecule has 2 heterocycles. The summed E-state index contributed by atoms with van der Waals surface area (Å²) in [6.07, 6.45) is 0. The van der Waals surface area contributed by atoms with E-state index < -0.39 is 0 Å². The van der Waals surface area contributed by atoms with Crippen LogP contribution < -0.4 is 20.5 Å². The average molecular weight is 288 g/mol. The third-order valence-electron chi connectivity index (χ3n) is 2.88. The lowest BCUT2D eigenvalue weighted by molar-refractivity contribution is 0.171. The van der Waals surface area contributed by atoms with Crippen LogP contribution in [0, 0.1) is 0 Å². The van der Waals surface area contributed by atoms with Gasteiger partial charge in [-0.05, 0) is 12.1 Å². The number of nitrogens with one attached hydrogen (secondary N) is 1. The SMILES string of the molecule is COCc1nc(N)cc(Nc2ccc3c(c2)OCCO3)n1. The number of rotatable bonds is 4. The summed E-state index contributed by atoms with van der Waals surface area (Å²) in [4.78, 5) is 8.42. The van der Waals surface area contributed by atoms with Gasteiger partial charge in [-0.25, -0.2) is 9.97 Å². The van der Waals surface area contributed by atoms with Gasteiger partial charge in [0.1, 0.15) is 31.5 Å². The molecular weight excluding hydrogens is 272 g/mol. The molecule has 0 spiro atoms. The first kappa shape index (κ1) is 13.4. The Morgan fingerprint density at radius 1 is 1.19 bits per heavy atom. The van der Waals surface area contributed by atoms with Gasteiger partial charge in [0, 0.05) is 24.9 Å². The average Bonchev–Trinajstić information content (AvgIpc) is 2.47. The van der Waals surface area contributed by atoms with Crippen LogP contribution in [-0.2, 0) is 11.3 Å². The molecule has 110 valence electrons. The second kappa shape index (κ2) is 5.84. The molecule has 0 saturated heterocycles. The molecule has 21 heavy (non-hydrogen) atoms. The molecule has 0 fully saturated rings. The summed E-state index contributed by atoms with van der Waals surface area (Å²) >= 11 is 0. The van der Waals surface area contributed by atoms with Crippen LogP contribution in [0.5, 0.6) is 11.5 Å². The van der Waals surface area contributed by atoms with E-state index in [1.807, 2.05) is 18.2 Å². The zero-order valence-corrected chi connectivity index (χ0v) is 11.6. The van der Waals surface area contributed by atoms with Crippen molar-refractivity contribution in [1.82, 2.24) is 9.97 Å². The van der Waals surface area contributed by atoms with E-state index in [2.05, 4.69) is 15.3 Å². The Morgan fingerprint density at radius 3 is 2.81 bits per heavy atom. The molecular formula is C14H16N4O3. The Balaban J connectivity index is 1.83. The predicted molar refractivity (Wildman–Crippen MR) is 77.9 cm³/mol. The fraction of sp³-hybridized carbons (Fsp3) is 0.286. The smallest absolute Gasteiger partial charge is 0.163 e. The Bertz CT molecular complexity index is 648. The third kappa shape index (κ3) is 3.14. The summed E-state index contributed by atoms with van der Waals surface area (Å²) in [5.41, 5.74) is 6.60. The van der Waals surface area contributed by atoms with Gasteiger partial charge in [-0.15, -0.1) is 0 Å². The van der Waals surface area contributed by atoms with Gasteiger partial charge in [-0.2, -0.15) is 0 Å². The van der Waals surface area contributed by atoms with Crippen molar-refractivity contribution in [3.05, 3.63) is 30.1 Å². The van der Waals surface area contributed by atoms with Crippen molar-refractivity contribution in [2.75, 3.05) is 31.4 Å². The lowest BCUT2D eigenvalue weighted by Crippen LogP contribution is -2.15. The number of benzene rings is 1. The number of ether oxygens (including phenoxy) is 3. The Morgan fingerprint density at radius 2 is 2.00 bits per heavy atom. The van der Waals surface area contributed by atoms with Crippen molar-refractivity contribution in [1.29, 1.82) is 0 Å². The second-order valence-corrected chi connectivity index (χ2v) is 4.51. The largest absolute Gasteiger partial charge is 0.486 e. The first-order valence-corrected chi connectivity index (χ1v) is 6.53. The standard InChI is InChI=1S/C14H16N4O3/c1-19-8-14-17-12(15)7-13(18-14)16-9-2-3-10-11(6-9)21-5-4-20-10/h2-3,6-7H,4-5,8H2,1H3,(H3,15,16,17,18). The minimum atomic E-state index is 0.306.